The average Bonchev–Trinajstić information content (AvgIpc) is 3.05. The van der Waals surface area contributed by atoms with Crippen LogP contribution in [0.3, 0.4) is 0 Å². The molecule has 130 valence electrons. The van der Waals surface area contributed by atoms with Crippen molar-refractivity contribution in [1.82, 2.24) is 15.3 Å². The molecule has 1 aromatic carbocycles. The number of thioether (sulfide) groups is 1. The number of hydrogen-bond donors (Lipinski definition) is 1. The number of aromatic nitrogens is 2. The quantitative estimate of drug-likeness (QED) is 0.487. The molecule has 0 saturated carbocycles. The Morgan fingerprint density at radius 1 is 1.24 bits per heavy atom. The summed E-state index contributed by atoms with van der Waals surface area (Å²) in [4.78, 5) is 21.8. The lowest BCUT2D eigenvalue weighted by atomic mass is 10.1. The highest BCUT2D eigenvalue weighted by Gasteiger charge is 2.14. The van der Waals surface area contributed by atoms with Gasteiger partial charge in [-0.05, 0) is 17.9 Å². The maximum Gasteiger partial charge on any atom is 0.230 e. The van der Waals surface area contributed by atoms with E-state index in [1.165, 1.54) is 11.8 Å². The minimum atomic E-state index is 0.0499. The topological polar surface area (TPSA) is 54.9 Å². The third-order valence-corrected chi connectivity index (χ3v) is 5.68. The first kappa shape index (κ1) is 17.9. The Kier molecular flexibility index (Phi) is 6.04. The second kappa shape index (κ2) is 8.45. The Labute approximate surface area is 156 Å². The third-order valence-electron chi connectivity index (χ3n) is 3.80. The number of thiophene rings is 1. The molecule has 3 rings (SSSR count). The molecule has 2 heterocycles. The number of hydrogen-bond acceptors (Lipinski definition) is 5. The van der Waals surface area contributed by atoms with E-state index in [2.05, 4.69) is 46.6 Å². The predicted octanol–water partition coefficient (Wildman–Crippen LogP) is 4.61. The van der Waals surface area contributed by atoms with Crippen molar-refractivity contribution in [2.45, 2.75) is 25.3 Å². The Bertz CT molecular complexity index is 846. The fourth-order valence-corrected chi connectivity index (χ4v) is 4.30. The van der Waals surface area contributed by atoms with Gasteiger partial charge in [0.15, 0.2) is 0 Å². The van der Waals surface area contributed by atoms with E-state index >= 15 is 0 Å². The predicted molar refractivity (Wildman–Crippen MR) is 106 cm³/mol. The van der Waals surface area contributed by atoms with Gasteiger partial charge in [0.2, 0.25) is 5.91 Å². The van der Waals surface area contributed by atoms with Crippen molar-refractivity contribution in [2.75, 3.05) is 12.3 Å². The molecule has 0 aliphatic carbocycles. The summed E-state index contributed by atoms with van der Waals surface area (Å²) in [5, 5.41) is 6.99. The van der Waals surface area contributed by atoms with Crippen LogP contribution < -0.4 is 5.32 Å². The van der Waals surface area contributed by atoms with E-state index in [0.717, 1.165) is 39.3 Å². The van der Waals surface area contributed by atoms with Gasteiger partial charge in [-0.25, -0.2) is 9.97 Å². The second-order valence-electron chi connectivity index (χ2n) is 6.20. The van der Waals surface area contributed by atoms with Crippen LogP contribution in [0.1, 0.15) is 20.3 Å². The zero-order chi connectivity index (χ0) is 17.6. The molecule has 3 aromatic rings. The number of rotatable bonds is 7. The zero-order valence-corrected chi connectivity index (χ0v) is 16.0. The number of nitrogens with one attached hydrogen (secondary N) is 1. The molecule has 4 nitrogen and oxygen atoms in total. The zero-order valence-electron chi connectivity index (χ0n) is 14.4. The highest BCUT2D eigenvalue weighted by Crippen LogP contribution is 2.37. The summed E-state index contributed by atoms with van der Waals surface area (Å²) in [6.45, 7) is 5.03. The molecule has 0 saturated heterocycles. The van der Waals surface area contributed by atoms with Crippen molar-refractivity contribution in [2.24, 2.45) is 5.92 Å². The Balaban J connectivity index is 1.76. The minimum Gasteiger partial charge on any atom is -0.355 e. The van der Waals surface area contributed by atoms with Gasteiger partial charge in [-0.15, -0.1) is 11.3 Å². The molecule has 6 heteroatoms. The van der Waals surface area contributed by atoms with E-state index < -0.39 is 0 Å². The first-order chi connectivity index (χ1) is 12.1. The van der Waals surface area contributed by atoms with Crippen LogP contribution in [0.5, 0.6) is 0 Å². The Hall–Kier alpha value is -1.92. The first-order valence-corrected chi connectivity index (χ1v) is 10.2. The van der Waals surface area contributed by atoms with Gasteiger partial charge in [0, 0.05) is 17.5 Å². The van der Waals surface area contributed by atoms with Gasteiger partial charge in [0.05, 0.1) is 11.1 Å². The van der Waals surface area contributed by atoms with Gasteiger partial charge < -0.3 is 5.32 Å². The SMILES string of the molecule is CC(C)CCNC(=O)CSc1ncnc2scc(-c3ccccc3)c12. The van der Waals surface area contributed by atoms with E-state index in [9.17, 15) is 4.79 Å². The lowest BCUT2D eigenvalue weighted by Gasteiger charge is -2.08. The number of nitrogens with zero attached hydrogens (tertiary/aromatic N) is 2. The Morgan fingerprint density at radius 3 is 2.80 bits per heavy atom. The van der Waals surface area contributed by atoms with Gasteiger partial charge >= 0.3 is 0 Å². The van der Waals surface area contributed by atoms with Crippen molar-refractivity contribution in [1.29, 1.82) is 0 Å². The average molecular weight is 372 g/mol. The molecule has 25 heavy (non-hydrogen) atoms. The molecule has 0 atom stereocenters. The van der Waals surface area contributed by atoms with E-state index in [4.69, 9.17) is 0 Å². The summed E-state index contributed by atoms with van der Waals surface area (Å²) < 4.78 is 0. The molecule has 0 aliphatic rings. The molecular weight excluding hydrogens is 350 g/mol. The lowest BCUT2D eigenvalue weighted by Crippen LogP contribution is -2.26. The second-order valence-corrected chi connectivity index (χ2v) is 8.02. The summed E-state index contributed by atoms with van der Waals surface area (Å²) in [6.07, 6.45) is 2.57. The van der Waals surface area contributed by atoms with Crippen LogP contribution in [0.2, 0.25) is 0 Å². The standard InChI is InChI=1S/C19H21N3OS2/c1-13(2)8-9-20-16(23)11-25-19-17-15(14-6-4-3-5-7-14)10-24-18(17)21-12-22-19/h3-7,10,12-13H,8-9,11H2,1-2H3,(H,20,23). The van der Waals surface area contributed by atoms with E-state index in [-0.39, 0.29) is 5.91 Å². The molecule has 2 aromatic heterocycles. The van der Waals surface area contributed by atoms with Crippen LogP contribution in [0, 0.1) is 5.92 Å². The maximum absolute atomic E-state index is 12.1. The fourth-order valence-electron chi connectivity index (χ4n) is 2.47. The third kappa shape index (κ3) is 4.58. The van der Waals surface area contributed by atoms with Crippen molar-refractivity contribution in [3.8, 4) is 11.1 Å². The molecule has 0 spiro atoms. The molecule has 0 aliphatic heterocycles. The van der Waals surface area contributed by atoms with Crippen molar-refractivity contribution >= 4 is 39.2 Å². The van der Waals surface area contributed by atoms with E-state index in [0.29, 0.717) is 11.7 Å². The summed E-state index contributed by atoms with van der Waals surface area (Å²) in [6, 6.07) is 10.2. The van der Waals surface area contributed by atoms with Gasteiger partial charge in [-0.3, -0.25) is 4.79 Å². The van der Waals surface area contributed by atoms with Crippen LogP contribution in [0.4, 0.5) is 0 Å². The first-order valence-electron chi connectivity index (χ1n) is 8.32. The van der Waals surface area contributed by atoms with Gasteiger partial charge in [0.1, 0.15) is 16.2 Å². The molecule has 0 fully saturated rings. The Morgan fingerprint density at radius 2 is 2.04 bits per heavy atom. The summed E-state index contributed by atoms with van der Waals surface area (Å²) in [5.74, 6) is 1.01. The van der Waals surface area contributed by atoms with Gasteiger partial charge in [0.25, 0.3) is 0 Å². The summed E-state index contributed by atoms with van der Waals surface area (Å²) in [5.41, 5.74) is 2.27. The van der Waals surface area contributed by atoms with Gasteiger partial charge in [-0.2, -0.15) is 0 Å². The number of fused-ring (bicyclic) bond motifs is 1. The smallest absolute Gasteiger partial charge is 0.230 e. The minimum absolute atomic E-state index is 0.0499. The monoisotopic (exact) mass is 371 g/mol. The summed E-state index contributed by atoms with van der Waals surface area (Å²) >= 11 is 3.08. The van der Waals surface area contributed by atoms with Crippen molar-refractivity contribution in [3.05, 3.63) is 42.0 Å². The molecule has 0 unspecified atom stereocenters. The van der Waals surface area contributed by atoms with E-state index in [1.54, 1.807) is 17.7 Å². The highest BCUT2D eigenvalue weighted by atomic mass is 32.2. The van der Waals surface area contributed by atoms with Crippen LogP contribution in [0.15, 0.2) is 47.1 Å². The molecule has 0 radical (unpaired) electrons. The molecular formula is C19H21N3OS2. The lowest BCUT2D eigenvalue weighted by molar-refractivity contribution is -0.118. The number of carbonyl (C=O) groups is 1. The molecule has 1 N–H and O–H groups in total. The van der Waals surface area contributed by atoms with Crippen LogP contribution >= 0.6 is 23.1 Å². The molecule has 1 amide bonds. The number of benzene rings is 1. The normalized spacial score (nSPS) is 11.2. The van der Waals surface area contributed by atoms with E-state index in [1.807, 2.05) is 18.2 Å². The van der Waals surface area contributed by atoms with Crippen LogP contribution in [-0.4, -0.2) is 28.2 Å². The highest BCUT2D eigenvalue weighted by molar-refractivity contribution is 8.00. The van der Waals surface area contributed by atoms with Crippen molar-refractivity contribution in [3.63, 3.8) is 0 Å². The number of carbonyl (C=O) groups excluding carboxylic acids is 1. The maximum atomic E-state index is 12.1. The summed E-state index contributed by atoms with van der Waals surface area (Å²) in [7, 11) is 0. The number of amides is 1. The largest absolute Gasteiger partial charge is 0.355 e. The van der Waals surface area contributed by atoms with Crippen LogP contribution in [-0.2, 0) is 4.79 Å². The van der Waals surface area contributed by atoms with Crippen molar-refractivity contribution < 1.29 is 4.79 Å². The van der Waals surface area contributed by atoms with Gasteiger partial charge in [-0.1, -0.05) is 55.9 Å². The van der Waals surface area contributed by atoms with Crippen LogP contribution in [0.25, 0.3) is 21.3 Å². The fraction of sp³-hybridized carbons (Fsp3) is 0.316. The molecule has 0 bridgehead atoms.